The number of aromatic nitrogens is 4. The Bertz CT molecular complexity index is 1510. The summed E-state index contributed by atoms with van der Waals surface area (Å²) in [7, 11) is 0. The number of nitrogens with one attached hydrogen (secondary N) is 2. The molecule has 0 radical (unpaired) electrons. The zero-order valence-electron chi connectivity index (χ0n) is 19.0. The maximum absolute atomic E-state index is 13.5. The van der Waals surface area contributed by atoms with Gasteiger partial charge in [0.1, 0.15) is 17.2 Å². The molecule has 2 amide bonds. The van der Waals surface area contributed by atoms with Crippen molar-refractivity contribution in [3.63, 3.8) is 0 Å². The van der Waals surface area contributed by atoms with E-state index in [4.69, 9.17) is 4.98 Å². The number of rotatable bonds is 6. The summed E-state index contributed by atoms with van der Waals surface area (Å²) < 4.78 is 27.1. The van der Waals surface area contributed by atoms with E-state index in [0.29, 0.717) is 40.2 Å². The number of fused-ring (bicyclic) bond motifs is 1. The highest BCUT2D eigenvalue weighted by molar-refractivity contribution is 5.84. The highest BCUT2D eigenvalue weighted by Crippen LogP contribution is 2.31. The van der Waals surface area contributed by atoms with Gasteiger partial charge in [0.2, 0.25) is 0 Å². The molecular weight excluding hydrogens is 462 g/mol. The normalized spacial score (nSPS) is 10.8. The topological polar surface area (TPSA) is 92.7 Å². The van der Waals surface area contributed by atoms with Crippen LogP contribution in [0.2, 0.25) is 0 Å². The molecule has 5 aromatic rings. The second kappa shape index (κ2) is 10.2. The van der Waals surface area contributed by atoms with Crippen molar-refractivity contribution in [3.8, 4) is 22.5 Å². The monoisotopic (exact) mass is 482 g/mol. The largest absolute Gasteiger partial charge is 0.334 e. The van der Waals surface area contributed by atoms with Crippen LogP contribution in [0.25, 0.3) is 33.7 Å². The molecule has 0 spiro atoms. The Morgan fingerprint density at radius 1 is 0.750 bits per heavy atom. The summed E-state index contributed by atoms with van der Waals surface area (Å²) in [6, 6.07) is 17.0. The number of carbonyl (C=O) groups excluding carboxylic acids is 1. The average Bonchev–Trinajstić information content (AvgIpc) is 2.91. The number of hydrogen-bond acceptors (Lipinski definition) is 5. The fourth-order valence-electron chi connectivity index (χ4n) is 3.63. The molecule has 0 aliphatic rings. The van der Waals surface area contributed by atoms with Gasteiger partial charge in [-0.1, -0.05) is 6.07 Å². The van der Waals surface area contributed by atoms with Gasteiger partial charge >= 0.3 is 6.03 Å². The maximum atomic E-state index is 13.5. The predicted octanol–water partition coefficient (Wildman–Crippen LogP) is 5.03. The van der Waals surface area contributed by atoms with Gasteiger partial charge in [-0.3, -0.25) is 4.98 Å². The molecule has 3 heterocycles. The number of hydrogen-bond donors (Lipinski definition) is 2. The summed E-state index contributed by atoms with van der Waals surface area (Å²) in [4.78, 5) is 30.1. The summed E-state index contributed by atoms with van der Waals surface area (Å²) in [6.07, 6.45) is 4.97. The second-order valence-corrected chi connectivity index (χ2v) is 8.02. The average molecular weight is 482 g/mol. The lowest BCUT2D eigenvalue weighted by molar-refractivity contribution is 0.240. The SMILES string of the molecule is O=C(NCc1cccnc1)NCc1cnc2nc(-c3ccc(F)cc3)c(-c3ccc(F)cc3)nc2c1. The van der Waals surface area contributed by atoms with Crippen LogP contribution in [0.15, 0.2) is 85.3 Å². The number of amides is 2. The van der Waals surface area contributed by atoms with Crippen LogP contribution in [0.4, 0.5) is 13.6 Å². The van der Waals surface area contributed by atoms with Crippen molar-refractivity contribution in [1.29, 1.82) is 0 Å². The highest BCUT2D eigenvalue weighted by atomic mass is 19.1. The van der Waals surface area contributed by atoms with Crippen molar-refractivity contribution in [3.05, 3.63) is 108 Å². The van der Waals surface area contributed by atoms with E-state index in [1.807, 2.05) is 6.07 Å². The molecule has 178 valence electrons. The first-order valence-corrected chi connectivity index (χ1v) is 11.1. The third kappa shape index (κ3) is 5.30. The Morgan fingerprint density at radius 3 is 1.97 bits per heavy atom. The quantitative estimate of drug-likeness (QED) is 0.354. The first kappa shape index (κ1) is 23.0. The van der Waals surface area contributed by atoms with Gasteiger partial charge in [-0.2, -0.15) is 0 Å². The van der Waals surface area contributed by atoms with Crippen molar-refractivity contribution in [1.82, 2.24) is 30.6 Å². The number of benzene rings is 2. The number of nitrogens with zero attached hydrogens (tertiary/aromatic N) is 4. The van der Waals surface area contributed by atoms with Crippen LogP contribution in [0, 0.1) is 11.6 Å². The minimum atomic E-state index is -0.368. The Labute approximate surface area is 205 Å². The van der Waals surface area contributed by atoms with E-state index < -0.39 is 0 Å². The molecule has 0 aliphatic carbocycles. The smallest absolute Gasteiger partial charge is 0.315 e. The zero-order chi connectivity index (χ0) is 24.9. The predicted molar refractivity (Wildman–Crippen MR) is 131 cm³/mol. The van der Waals surface area contributed by atoms with Crippen LogP contribution in [0.1, 0.15) is 11.1 Å². The van der Waals surface area contributed by atoms with E-state index in [2.05, 4.69) is 25.6 Å². The van der Waals surface area contributed by atoms with Gasteiger partial charge in [-0.15, -0.1) is 0 Å². The summed E-state index contributed by atoms with van der Waals surface area (Å²) in [5, 5.41) is 5.57. The minimum Gasteiger partial charge on any atom is -0.334 e. The molecule has 7 nitrogen and oxygen atoms in total. The molecule has 0 saturated carbocycles. The fraction of sp³-hybridized carbons (Fsp3) is 0.0741. The van der Waals surface area contributed by atoms with Crippen molar-refractivity contribution in [2.24, 2.45) is 0 Å². The van der Waals surface area contributed by atoms with Crippen LogP contribution < -0.4 is 10.6 Å². The summed E-state index contributed by atoms with van der Waals surface area (Å²) in [6.45, 7) is 0.587. The fourth-order valence-corrected chi connectivity index (χ4v) is 3.63. The third-order valence-corrected chi connectivity index (χ3v) is 5.44. The lowest BCUT2D eigenvalue weighted by Gasteiger charge is -2.11. The van der Waals surface area contributed by atoms with Gasteiger partial charge in [-0.25, -0.2) is 28.5 Å². The van der Waals surface area contributed by atoms with Crippen molar-refractivity contribution >= 4 is 17.2 Å². The molecule has 0 saturated heterocycles. The molecule has 0 atom stereocenters. The molecule has 0 fully saturated rings. The summed E-state index contributed by atoms with van der Waals surface area (Å²) >= 11 is 0. The molecule has 2 N–H and O–H groups in total. The first-order chi connectivity index (χ1) is 17.5. The van der Waals surface area contributed by atoms with E-state index in [-0.39, 0.29) is 24.2 Å². The van der Waals surface area contributed by atoms with Crippen LogP contribution in [-0.4, -0.2) is 26.0 Å². The Kier molecular flexibility index (Phi) is 6.53. The summed E-state index contributed by atoms with van der Waals surface area (Å²) in [5.41, 5.74) is 4.84. The van der Waals surface area contributed by atoms with Gasteiger partial charge in [0.25, 0.3) is 0 Å². The lowest BCUT2D eigenvalue weighted by Crippen LogP contribution is -2.34. The van der Waals surface area contributed by atoms with Crippen LogP contribution >= 0.6 is 0 Å². The third-order valence-electron chi connectivity index (χ3n) is 5.44. The first-order valence-electron chi connectivity index (χ1n) is 11.1. The number of carbonyl (C=O) groups is 1. The number of halogens is 2. The standard InChI is InChI=1S/C27H20F2N6O/c28-21-7-3-19(4-8-21)24-25(20-5-9-22(29)10-6-20)35-26-23(34-24)12-18(15-31-26)16-33-27(36)32-14-17-2-1-11-30-13-17/h1-13,15H,14,16H2,(H2,32,33,36). The molecule has 36 heavy (non-hydrogen) atoms. The van der Waals surface area contributed by atoms with Crippen molar-refractivity contribution in [2.75, 3.05) is 0 Å². The van der Waals surface area contributed by atoms with Crippen molar-refractivity contribution < 1.29 is 13.6 Å². The summed E-state index contributed by atoms with van der Waals surface area (Å²) in [5.74, 6) is -0.733. The zero-order valence-corrected chi connectivity index (χ0v) is 19.0. The van der Waals surface area contributed by atoms with Gasteiger partial charge in [-0.05, 0) is 71.8 Å². The van der Waals surface area contributed by atoms with E-state index in [1.165, 1.54) is 24.3 Å². The minimum absolute atomic E-state index is 0.231. The molecule has 2 aromatic carbocycles. The number of pyridine rings is 2. The Morgan fingerprint density at radius 2 is 1.36 bits per heavy atom. The van der Waals surface area contributed by atoms with Crippen molar-refractivity contribution in [2.45, 2.75) is 13.1 Å². The van der Waals surface area contributed by atoms with Crippen LogP contribution in [0.3, 0.4) is 0 Å². The molecule has 3 aromatic heterocycles. The van der Waals surface area contributed by atoms with E-state index >= 15 is 0 Å². The van der Waals surface area contributed by atoms with E-state index in [9.17, 15) is 13.6 Å². The molecule has 0 unspecified atom stereocenters. The number of urea groups is 1. The van der Waals surface area contributed by atoms with Gasteiger partial charge in [0.05, 0.1) is 11.4 Å². The second-order valence-electron chi connectivity index (χ2n) is 8.02. The molecule has 0 bridgehead atoms. The van der Waals surface area contributed by atoms with Gasteiger partial charge in [0, 0.05) is 42.8 Å². The molecular formula is C27H20F2N6O. The molecule has 0 aliphatic heterocycles. The molecule has 9 heteroatoms. The van der Waals surface area contributed by atoms with E-state index in [0.717, 1.165) is 11.1 Å². The van der Waals surface area contributed by atoms with Crippen LogP contribution in [-0.2, 0) is 13.1 Å². The van der Waals surface area contributed by atoms with E-state index in [1.54, 1.807) is 55.0 Å². The molecule has 5 rings (SSSR count). The lowest BCUT2D eigenvalue weighted by atomic mass is 10.0. The maximum Gasteiger partial charge on any atom is 0.315 e. The Hall–Kier alpha value is -4.79. The van der Waals surface area contributed by atoms with Gasteiger partial charge in [0.15, 0.2) is 5.65 Å². The highest BCUT2D eigenvalue weighted by Gasteiger charge is 2.15. The Balaban J connectivity index is 1.41. The van der Waals surface area contributed by atoms with Gasteiger partial charge < -0.3 is 10.6 Å². The van der Waals surface area contributed by atoms with Crippen LogP contribution in [0.5, 0.6) is 0 Å².